The molecule has 5 heteroatoms. The van der Waals surface area contributed by atoms with E-state index in [1.807, 2.05) is 4.90 Å². The number of nitrogens with zero attached hydrogens (tertiary/aromatic N) is 1. The molecule has 5 nitrogen and oxygen atoms in total. The zero-order valence-corrected chi connectivity index (χ0v) is 11.7. The fourth-order valence-electron chi connectivity index (χ4n) is 3.27. The van der Waals surface area contributed by atoms with Crippen LogP contribution < -0.4 is 5.32 Å². The average Bonchev–Trinajstić information content (AvgIpc) is 2.47. The molecular weight excluding hydrogens is 244 g/mol. The van der Waals surface area contributed by atoms with Crippen molar-refractivity contribution >= 4 is 11.9 Å². The lowest BCUT2D eigenvalue weighted by Gasteiger charge is -2.41. The molecule has 0 radical (unpaired) electrons. The lowest BCUT2D eigenvalue weighted by atomic mass is 9.76. The Labute approximate surface area is 114 Å². The lowest BCUT2D eigenvalue weighted by molar-refractivity contribution is -0.150. The zero-order valence-electron chi connectivity index (χ0n) is 11.7. The average molecular weight is 268 g/mol. The molecule has 0 aromatic heterocycles. The molecule has 0 spiro atoms. The molecule has 0 bridgehead atoms. The molecule has 0 saturated carbocycles. The normalized spacial score (nSPS) is 29.2. The maximum Gasteiger partial charge on any atom is 0.306 e. The first-order valence-corrected chi connectivity index (χ1v) is 7.32. The van der Waals surface area contributed by atoms with Crippen LogP contribution in [-0.2, 0) is 9.59 Å². The molecule has 0 aromatic carbocycles. The number of rotatable bonds is 3. The van der Waals surface area contributed by atoms with Crippen molar-refractivity contribution in [2.45, 2.75) is 39.0 Å². The zero-order chi connectivity index (χ0) is 13.9. The van der Waals surface area contributed by atoms with E-state index in [1.54, 1.807) is 0 Å². The molecule has 1 amide bonds. The number of aliphatic carboxylic acids is 1. The van der Waals surface area contributed by atoms with Crippen LogP contribution in [0.2, 0.25) is 0 Å². The fraction of sp³-hybridized carbons (Fsp3) is 0.857. The summed E-state index contributed by atoms with van der Waals surface area (Å²) in [5.41, 5.74) is -0.256. The smallest absolute Gasteiger partial charge is 0.306 e. The largest absolute Gasteiger partial charge is 0.481 e. The summed E-state index contributed by atoms with van der Waals surface area (Å²) in [5.74, 6) is -0.770. The Kier molecular flexibility index (Phi) is 4.45. The first kappa shape index (κ1) is 14.3. The Hall–Kier alpha value is -1.10. The van der Waals surface area contributed by atoms with Crippen molar-refractivity contribution in [3.63, 3.8) is 0 Å². The minimum atomic E-state index is -0.725. The van der Waals surface area contributed by atoms with E-state index in [0.29, 0.717) is 25.9 Å². The van der Waals surface area contributed by atoms with E-state index in [4.69, 9.17) is 5.11 Å². The molecule has 1 unspecified atom stereocenters. The number of piperidine rings is 2. The van der Waals surface area contributed by atoms with Gasteiger partial charge in [-0.15, -0.1) is 0 Å². The summed E-state index contributed by atoms with van der Waals surface area (Å²) in [6.45, 7) is 5.03. The monoisotopic (exact) mass is 268 g/mol. The number of carboxylic acid groups (broad SMARTS) is 1. The molecule has 0 aliphatic carbocycles. The van der Waals surface area contributed by atoms with Gasteiger partial charge in [0, 0.05) is 19.6 Å². The quantitative estimate of drug-likeness (QED) is 0.804. The van der Waals surface area contributed by atoms with Crippen LogP contribution in [0.25, 0.3) is 0 Å². The summed E-state index contributed by atoms with van der Waals surface area (Å²) in [6, 6.07) is 0. The molecule has 0 aromatic rings. The van der Waals surface area contributed by atoms with E-state index in [1.165, 1.54) is 0 Å². The minimum absolute atomic E-state index is 0.228. The van der Waals surface area contributed by atoms with E-state index in [0.717, 1.165) is 32.4 Å². The molecule has 2 N–H and O–H groups in total. The predicted molar refractivity (Wildman–Crippen MR) is 71.8 cm³/mol. The van der Waals surface area contributed by atoms with E-state index in [9.17, 15) is 9.59 Å². The Morgan fingerprint density at radius 3 is 2.53 bits per heavy atom. The summed E-state index contributed by atoms with van der Waals surface area (Å²) >= 11 is 0. The van der Waals surface area contributed by atoms with Gasteiger partial charge in [0.1, 0.15) is 0 Å². The van der Waals surface area contributed by atoms with E-state index in [-0.39, 0.29) is 17.2 Å². The van der Waals surface area contributed by atoms with Crippen LogP contribution in [0.1, 0.15) is 39.0 Å². The Morgan fingerprint density at radius 2 is 2.05 bits per heavy atom. The van der Waals surface area contributed by atoms with Crippen molar-refractivity contribution in [3.8, 4) is 0 Å². The fourth-order valence-corrected chi connectivity index (χ4v) is 3.27. The van der Waals surface area contributed by atoms with Gasteiger partial charge in [-0.05, 0) is 38.6 Å². The van der Waals surface area contributed by atoms with E-state index in [2.05, 4.69) is 12.2 Å². The summed E-state index contributed by atoms with van der Waals surface area (Å²) in [6.07, 6.45) is 4.04. The van der Waals surface area contributed by atoms with Gasteiger partial charge in [-0.3, -0.25) is 9.59 Å². The third-order valence-corrected chi connectivity index (χ3v) is 4.73. The van der Waals surface area contributed by atoms with Crippen LogP contribution in [0.5, 0.6) is 0 Å². The van der Waals surface area contributed by atoms with Gasteiger partial charge in [0.2, 0.25) is 5.91 Å². The van der Waals surface area contributed by atoms with Gasteiger partial charge in [-0.1, -0.05) is 6.92 Å². The Morgan fingerprint density at radius 1 is 1.37 bits per heavy atom. The van der Waals surface area contributed by atoms with Crippen LogP contribution in [-0.4, -0.2) is 48.1 Å². The Bertz CT molecular complexity index is 343. The molecular formula is C14H24N2O3. The van der Waals surface area contributed by atoms with Crippen LogP contribution in [0, 0.1) is 11.3 Å². The second-order valence-electron chi connectivity index (χ2n) is 5.82. The molecule has 2 rings (SSSR count). The highest BCUT2D eigenvalue weighted by atomic mass is 16.4. The molecule has 2 saturated heterocycles. The lowest BCUT2D eigenvalue weighted by Crippen LogP contribution is -2.53. The standard InChI is InChI=1S/C14H24N2O3/c1-2-14(6-3-7-15-10-14)13(19)16-8-4-11(5-9-16)12(17)18/h11,15H,2-10H2,1H3,(H,17,18). The number of hydrogen-bond donors (Lipinski definition) is 2. The first-order valence-electron chi connectivity index (χ1n) is 7.32. The Balaban J connectivity index is 1.98. The summed E-state index contributed by atoms with van der Waals surface area (Å²) in [4.78, 5) is 25.5. The van der Waals surface area contributed by atoms with Crippen LogP contribution in [0.3, 0.4) is 0 Å². The third-order valence-electron chi connectivity index (χ3n) is 4.73. The molecule has 1 atom stereocenters. The van der Waals surface area contributed by atoms with Crippen molar-refractivity contribution in [3.05, 3.63) is 0 Å². The van der Waals surface area contributed by atoms with E-state index >= 15 is 0 Å². The van der Waals surface area contributed by atoms with Gasteiger partial charge in [0.15, 0.2) is 0 Å². The van der Waals surface area contributed by atoms with Gasteiger partial charge in [0.25, 0.3) is 0 Å². The van der Waals surface area contributed by atoms with Crippen molar-refractivity contribution < 1.29 is 14.7 Å². The number of carbonyl (C=O) groups excluding carboxylic acids is 1. The second kappa shape index (κ2) is 5.90. The minimum Gasteiger partial charge on any atom is -0.481 e. The van der Waals surface area contributed by atoms with Gasteiger partial charge < -0.3 is 15.3 Å². The summed E-state index contributed by atoms with van der Waals surface area (Å²) < 4.78 is 0. The molecule has 108 valence electrons. The van der Waals surface area contributed by atoms with Gasteiger partial charge in [0.05, 0.1) is 11.3 Å². The second-order valence-corrected chi connectivity index (χ2v) is 5.82. The summed E-state index contributed by atoms with van der Waals surface area (Å²) in [7, 11) is 0. The highest BCUT2D eigenvalue weighted by molar-refractivity contribution is 5.83. The SMILES string of the molecule is CCC1(C(=O)N2CCC(C(=O)O)CC2)CCCNC1. The van der Waals surface area contributed by atoms with Crippen LogP contribution >= 0.6 is 0 Å². The number of amides is 1. The highest BCUT2D eigenvalue weighted by Gasteiger charge is 2.41. The van der Waals surface area contributed by atoms with Gasteiger partial charge >= 0.3 is 5.97 Å². The predicted octanol–water partition coefficient (Wildman–Crippen LogP) is 1.09. The topological polar surface area (TPSA) is 69.6 Å². The van der Waals surface area contributed by atoms with E-state index < -0.39 is 5.97 Å². The number of likely N-dealkylation sites (tertiary alicyclic amines) is 1. The molecule has 2 heterocycles. The van der Waals surface area contributed by atoms with Crippen molar-refractivity contribution in [1.82, 2.24) is 10.2 Å². The highest BCUT2D eigenvalue weighted by Crippen LogP contribution is 2.33. The molecule has 2 fully saturated rings. The number of carboxylic acids is 1. The van der Waals surface area contributed by atoms with Crippen LogP contribution in [0.4, 0.5) is 0 Å². The van der Waals surface area contributed by atoms with Gasteiger partial charge in [-0.25, -0.2) is 0 Å². The molecule has 19 heavy (non-hydrogen) atoms. The maximum absolute atomic E-state index is 12.7. The summed E-state index contributed by atoms with van der Waals surface area (Å²) in [5, 5.41) is 12.3. The number of carbonyl (C=O) groups is 2. The van der Waals surface area contributed by atoms with Crippen molar-refractivity contribution in [2.75, 3.05) is 26.2 Å². The molecule has 2 aliphatic rings. The number of nitrogens with one attached hydrogen (secondary N) is 1. The molecule has 2 aliphatic heterocycles. The van der Waals surface area contributed by atoms with Gasteiger partial charge in [-0.2, -0.15) is 0 Å². The van der Waals surface area contributed by atoms with Crippen molar-refractivity contribution in [1.29, 1.82) is 0 Å². The maximum atomic E-state index is 12.7. The van der Waals surface area contributed by atoms with Crippen molar-refractivity contribution in [2.24, 2.45) is 11.3 Å². The van der Waals surface area contributed by atoms with Crippen LogP contribution in [0.15, 0.2) is 0 Å². The number of hydrogen-bond acceptors (Lipinski definition) is 3. The first-order chi connectivity index (χ1) is 9.09. The third kappa shape index (κ3) is 2.91.